The number of ether oxygens (including phenoxy) is 1. The maximum Gasteiger partial charge on any atom is 0.411 e. The Hall–Kier alpha value is -2.07. The van der Waals surface area contributed by atoms with E-state index in [1.54, 1.807) is 23.1 Å². The molecule has 6 atom stereocenters. The Morgan fingerprint density at radius 3 is 2.70 bits per heavy atom. The molecule has 4 rings (SSSR count). The first kappa shape index (κ1) is 28.0. The standard InChI is InChI=1S/C28H38N2O5S2/c1-27-12-11-24(35-26(34)30-18-6-4-7-19(14-18)36-3)28(2,17-31)23(27)10-9-22(32)21(27)15-25(33)29-16-20-8-5-13-37-20/h4-8,13-14,21-24,31-32H,9-12,15-17H2,1-3H3,(H,29,33)(H,30,34)/t21-,22-,23+,24-,27+,28+/m1/s1. The summed E-state index contributed by atoms with van der Waals surface area (Å²) in [6.45, 7) is 4.46. The molecule has 1 heterocycles. The van der Waals surface area contributed by atoms with Crippen molar-refractivity contribution >= 4 is 40.8 Å². The molecule has 0 aliphatic heterocycles. The molecule has 2 saturated carbocycles. The van der Waals surface area contributed by atoms with Gasteiger partial charge in [-0.15, -0.1) is 23.1 Å². The van der Waals surface area contributed by atoms with E-state index in [0.29, 0.717) is 37.9 Å². The van der Waals surface area contributed by atoms with Crippen LogP contribution in [-0.2, 0) is 16.1 Å². The van der Waals surface area contributed by atoms with Crippen LogP contribution in [0.1, 0.15) is 50.8 Å². The number of hydrogen-bond donors (Lipinski definition) is 4. The highest BCUT2D eigenvalue weighted by atomic mass is 32.2. The van der Waals surface area contributed by atoms with E-state index in [2.05, 4.69) is 17.6 Å². The summed E-state index contributed by atoms with van der Waals surface area (Å²) in [6.07, 6.45) is 3.15. The summed E-state index contributed by atoms with van der Waals surface area (Å²) in [4.78, 5) is 27.9. The fraction of sp³-hybridized carbons (Fsp3) is 0.571. The van der Waals surface area contributed by atoms with Crippen molar-refractivity contribution in [3.63, 3.8) is 0 Å². The van der Waals surface area contributed by atoms with E-state index in [-0.39, 0.29) is 36.2 Å². The number of aliphatic hydroxyl groups excluding tert-OH is 2. The highest BCUT2D eigenvalue weighted by Gasteiger charge is 2.60. The molecule has 0 spiro atoms. The number of rotatable bonds is 8. The molecule has 2 aliphatic carbocycles. The molecule has 1 aromatic heterocycles. The van der Waals surface area contributed by atoms with Crippen LogP contribution in [0.15, 0.2) is 46.7 Å². The fourth-order valence-corrected chi connectivity index (χ4v) is 7.73. The molecular weight excluding hydrogens is 508 g/mol. The molecule has 7 nitrogen and oxygen atoms in total. The van der Waals surface area contributed by atoms with Crippen molar-refractivity contribution in [2.45, 2.75) is 69.6 Å². The van der Waals surface area contributed by atoms with E-state index in [4.69, 9.17) is 4.74 Å². The third-order valence-corrected chi connectivity index (χ3v) is 10.3. The second-order valence-electron chi connectivity index (χ2n) is 10.8. The number of fused-ring (bicyclic) bond motifs is 1. The third kappa shape index (κ3) is 6.00. The van der Waals surface area contributed by atoms with Gasteiger partial charge in [0.05, 0.1) is 19.3 Å². The van der Waals surface area contributed by atoms with Gasteiger partial charge in [0.15, 0.2) is 0 Å². The molecule has 2 amide bonds. The van der Waals surface area contributed by atoms with Crippen LogP contribution in [0.2, 0.25) is 0 Å². The highest BCUT2D eigenvalue weighted by molar-refractivity contribution is 7.98. The Bertz CT molecular complexity index is 1080. The Kier molecular flexibility index (Phi) is 8.89. The average Bonchev–Trinajstić information content (AvgIpc) is 3.41. The molecule has 202 valence electrons. The van der Waals surface area contributed by atoms with E-state index in [1.165, 1.54) is 0 Å². The molecule has 4 N–H and O–H groups in total. The van der Waals surface area contributed by atoms with Crippen molar-refractivity contribution in [2.75, 3.05) is 18.2 Å². The lowest BCUT2D eigenvalue weighted by atomic mass is 9.46. The Morgan fingerprint density at radius 2 is 2.00 bits per heavy atom. The van der Waals surface area contributed by atoms with Crippen LogP contribution in [-0.4, -0.2) is 47.3 Å². The molecule has 2 aromatic rings. The van der Waals surface area contributed by atoms with Gasteiger partial charge in [0.25, 0.3) is 0 Å². The summed E-state index contributed by atoms with van der Waals surface area (Å²) in [7, 11) is 0. The molecule has 0 radical (unpaired) electrons. The SMILES string of the molecule is CSc1cccc(NC(=O)O[C@@H]2CC[C@]3(C)[C@H](CC[C@@H](O)[C@H]3CC(=O)NCc3cccs3)[C@]2(C)CO)c1. The monoisotopic (exact) mass is 546 g/mol. The second-order valence-corrected chi connectivity index (χ2v) is 12.7. The molecule has 37 heavy (non-hydrogen) atoms. The minimum absolute atomic E-state index is 0.00475. The smallest absolute Gasteiger partial charge is 0.411 e. The van der Waals surface area contributed by atoms with Crippen LogP contribution < -0.4 is 10.6 Å². The normalized spacial score (nSPS) is 31.3. The summed E-state index contributed by atoms with van der Waals surface area (Å²) in [5.74, 6) is -0.311. The van der Waals surface area contributed by atoms with E-state index >= 15 is 0 Å². The summed E-state index contributed by atoms with van der Waals surface area (Å²) in [5, 5.41) is 29.4. The van der Waals surface area contributed by atoms with Gasteiger partial charge in [0, 0.05) is 27.3 Å². The maximum atomic E-state index is 12.9. The van der Waals surface area contributed by atoms with Gasteiger partial charge in [0.1, 0.15) is 6.10 Å². The van der Waals surface area contributed by atoms with Crippen molar-refractivity contribution in [1.82, 2.24) is 5.32 Å². The lowest BCUT2D eigenvalue weighted by Gasteiger charge is -2.60. The number of benzene rings is 1. The van der Waals surface area contributed by atoms with Crippen LogP contribution in [0, 0.1) is 22.7 Å². The van der Waals surface area contributed by atoms with Gasteiger partial charge in [0.2, 0.25) is 5.91 Å². The first-order chi connectivity index (χ1) is 17.7. The quantitative estimate of drug-likeness (QED) is 0.336. The molecular formula is C28H38N2O5S2. The van der Waals surface area contributed by atoms with Gasteiger partial charge in [-0.1, -0.05) is 26.0 Å². The zero-order chi connectivity index (χ0) is 26.6. The van der Waals surface area contributed by atoms with Crippen LogP contribution in [0.3, 0.4) is 0 Å². The predicted octanol–water partition coefficient (Wildman–Crippen LogP) is 5.28. The molecule has 2 fully saturated rings. The zero-order valence-electron chi connectivity index (χ0n) is 21.7. The van der Waals surface area contributed by atoms with Crippen LogP contribution >= 0.6 is 23.1 Å². The first-order valence-corrected chi connectivity index (χ1v) is 15.0. The number of nitrogens with one attached hydrogen (secondary N) is 2. The van der Waals surface area contributed by atoms with Gasteiger partial charge < -0.3 is 20.3 Å². The van der Waals surface area contributed by atoms with Crippen LogP contribution in [0.5, 0.6) is 0 Å². The average molecular weight is 547 g/mol. The number of hydrogen-bond acceptors (Lipinski definition) is 7. The molecule has 1 aromatic carbocycles. The fourth-order valence-electron chi connectivity index (χ4n) is 6.63. The van der Waals surface area contributed by atoms with Gasteiger partial charge in [-0.05, 0) is 78.8 Å². The molecule has 0 saturated heterocycles. The molecule has 9 heteroatoms. The highest BCUT2D eigenvalue weighted by Crippen LogP contribution is 2.61. The minimum atomic E-state index is -0.683. The van der Waals surface area contributed by atoms with Crippen molar-refractivity contribution in [1.29, 1.82) is 0 Å². The number of amides is 2. The zero-order valence-corrected chi connectivity index (χ0v) is 23.4. The van der Waals surface area contributed by atoms with E-state index in [1.807, 2.05) is 55.0 Å². The number of thiophene rings is 1. The largest absolute Gasteiger partial charge is 0.445 e. The topological polar surface area (TPSA) is 108 Å². The van der Waals surface area contributed by atoms with Crippen molar-refractivity contribution in [3.8, 4) is 0 Å². The summed E-state index contributed by atoms with van der Waals surface area (Å²) >= 11 is 3.19. The number of anilines is 1. The van der Waals surface area contributed by atoms with Gasteiger partial charge in [-0.25, -0.2) is 4.79 Å². The maximum absolute atomic E-state index is 12.9. The lowest BCUT2D eigenvalue weighted by Crippen LogP contribution is -2.61. The summed E-state index contributed by atoms with van der Waals surface area (Å²) in [6, 6.07) is 11.5. The predicted molar refractivity (Wildman–Crippen MR) is 148 cm³/mol. The number of carbonyl (C=O) groups is 2. The Balaban J connectivity index is 1.45. The lowest BCUT2D eigenvalue weighted by molar-refractivity contribution is -0.185. The first-order valence-electron chi connectivity index (χ1n) is 12.9. The van der Waals surface area contributed by atoms with E-state index in [0.717, 1.165) is 9.77 Å². The van der Waals surface area contributed by atoms with E-state index < -0.39 is 23.7 Å². The Morgan fingerprint density at radius 1 is 1.19 bits per heavy atom. The van der Waals surface area contributed by atoms with Crippen LogP contribution in [0.25, 0.3) is 0 Å². The van der Waals surface area contributed by atoms with Crippen LogP contribution in [0.4, 0.5) is 10.5 Å². The minimum Gasteiger partial charge on any atom is -0.445 e. The third-order valence-electron chi connectivity index (χ3n) is 8.69. The van der Waals surface area contributed by atoms with E-state index in [9.17, 15) is 19.8 Å². The van der Waals surface area contributed by atoms with Crippen molar-refractivity contribution in [2.24, 2.45) is 22.7 Å². The number of thioether (sulfide) groups is 1. The summed E-state index contributed by atoms with van der Waals surface area (Å²) in [5.41, 5.74) is -0.381. The molecule has 0 bridgehead atoms. The number of carbonyl (C=O) groups excluding carboxylic acids is 2. The van der Waals surface area contributed by atoms with Gasteiger partial charge in [-0.2, -0.15) is 0 Å². The Labute approximate surface area is 227 Å². The number of aliphatic hydroxyl groups is 2. The van der Waals surface area contributed by atoms with Gasteiger partial charge >= 0.3 is 6.09 Å². The van der Waals surface area contributed by atoms with Crippen molar-refractivity contribution in [3.05, 3.63) is 46.7 Å². The summed E-state index contributed by atoms with van der Waals surface area (Å²) < 4.78 is 5.93. The molecule has 2 aliphatic rings. The molecule has 0 unspecified atom stereocenters. The van der Waals surface area contributed by atoms with Crippen molar-refractivity contribution < 1.29 is 24.5 Å². The van der Waals surface area contributed by atoms with Gasteiger partial charge in [-0.3, -0.25) is 10.1 Å². The second kappa shape index (κ2) is 11.8.